The van der Waals surface area contributed by atoms with E-state index in [9.17, 15) is 15.3 Å². The third-order valence-electron chi connectivity index (χ3n) is 5.56. The van der Waals surface area contributed by atoms with Crippen LogP contribution in [0.5, 0.6) is 17.2 Å². The molecule has 0 bridgehead atoms. The second-order valence-corrected chi connectivity index (χ2v) is 7.88. The summed E-state index contributed by atoms with van der Waals surface area (Å²) in [6.07, 6.45) is 3.26. The number of phenolic OH excluding ortho intramolecular Hbond substituents is 3. The summed E-state index contributed by atoms with van der Waals surface area (Å²) in [7, 11) is 0. The first-order valence-electron chi connectivity index (χ1n) is 10.8. The van der Waals surface area contributed by atoms with Crippen molar-refractivity contribution in [3.8, 4) is 17.2 Å². The number of phenols is 3. The van der Waals surface area contributed by atoms with Crippen molar-refractivity contribution in [1.82, 2.24) is 0 Å². The van der Waals surface area contributed by atoms with Crippen LogP contribution >= 0.6 is 0 Å². The highest BCUT2D eigenvalue weighted by Crippen LogP contribution is 2.38. The number of nitrogens with zero attached hydrogens (tertiary/aromatic N) is 2. The highest BCUT2D eigenvalue weighted by Gasteiger charge is 2.11. The molecule has 0 atom stereocenters. The van der Waals surface area contributed by atoms with Gasteiger partial charge in [-0.15, -0.1) is 5.11 Å². The lowest BCUT2D eigenvalue weighted by Crippen LogP contribution is -1.91. The van der Waals surface area contributed by atoms with E-state index in [1.165, 1.54) is 12.1 Å². The number of aryl methyl sites for hydroxylation is 3. The van der Waals surface area contributed by atoms with E-state index in [1.54, 1.807) is 6.07 Å². The first-order valence-corrected chi connectivity index (χ1v) is 10.8. The Labute approximate surface area is 187 Å². The van der Waals surface area contributed by atoms with Gasteiger partial charge in [0.25, 0.3) is 0 Å². The first kappa shape index (κ1) is 21.4. The van der Waals surface area contributed by atoms with Crippen LogP contribution in [0, 0.1) is 0 Å². The molecule has 32 heavy (non-hydrogen) atoms. The topological polar surface area (TPSA) is 85.4 Å². The van der Waals surface area contributed by atoms with E-state index < -0.39 is 0 Å². The molecule has 4 rings (SSSR count). The second kappa shape index (κ2) is 9.52. The smallest absolute Gasteiger partial charge is 0.150 e. The molecule has 0 aliphatic carbocycles. The number of rotatable bonds is 7. The molecule has 5 nitrogen and oxygen atoms in total. The maximum atomic E-state index is 10.7. The van der Waals surface area contributed by atoms with Gasteiger partial charge in [0.2, 0.25) is 0 Å². The summed E-state index contributed by atoms with van der Waals surface area (Å²) in [6, 6.07) is 22.0. The molecule has 0 aliphatic heterocycles. The fourth-order valence-corrected chi connectivity index (χ4v) is 3.86. The maximum Gasteiger partial charge on any atom is 0.150 e. The Morgan fingerprint density at radius 2 is 1.44 bits per heavy atom. The molecule has 0 amide bonds. The van der Waals surface area contributed by atoms with E-state index in [2.05, 4.69) is 17.2 Å². The minimum absolute atomic E-state index is 0.145. The normalized spacial score (nSPS) is 11.4. The molecule has 3 N–H and O–H groups in total. The summed E-state index contributed by atoms with van der Waals surface area (Å²) in [5.41, 5.74) is 4.11. The Kier molecular flexibility index (Phi) is 6.36. The lowest BCUT2D eigenvalue weighted by atomic mass is 9.99. The Morgan fingerprint density at radius 3 is 2.19 bits per heavy atom. The second-order valence-electron chi connectivity index (χ2n) is 7.88. The minimum atomic E-state index is 0.145. The predicted octanol–water partition coefficient (Wildman–Crippen LogP) is 7.11. The molecular weight excluding hydrogens is 400 g/mol. The van der Waals surface area contributed by atoms with E-state index >= 15 is 0 Å². The summed E-state index contributed by atoms with van der Waals surface area (Å²) in [6.45, 7) is 2.13. The van der Waals surface area contributed by atoms with E-state index in [1.807, 2.05) is 54.6 Å². The zero-order chi connectivity index (χ0) is 22.5. The highest BCUT2D eigenvalue weighted by atomic mass is 16.3. The van der Waals surface area contributed by atoms with Crippen LogP contribution in [-0.2, 0) is 19.3 Å². The molecule has 0 spiro atoms. The Hall–Kier alpha value is -3.86. The van der Waals surface area contributed by atoms with Gasteiger partial charge in [0, 0.05) is 5.39 Å². The summed E-state index contributed by atoms with van der Waals surface area (Å²) < 4.78 is 0. The standard InChI is InChI=1S/C27H26N2O3/c1-2-5-19-17-25(27(32)24-7-4-3-6-23(19)24)29-28-21-12-9-18(10-13-21)8-11-20-16-22(30)14-15-26(20)31/h3-4,6-7,9-10,12-17,30-32H,2,5,8,11H2,1H3. The van der Waals surface area contributed by atoms with Crippen LogP contribution < -0.4 is 0 Å². The van der Waals surface area contributed by atoms with Crippen LogP contribution in [0.4, 0.5) is 11.4 Å². The van der Waals surface area contributed by atoms with Gasteiger partial charge in [0.15, 0.2) is 5.75 Å². The number of fused-ring (bicyclic) bond motifs is 1. The number of hydrogen-bond donors (Lipinski definition) is 3. The van der Waals surface area contributed by atoms with Gasteiger partial charge >= 0.3 is 0 Å². The van der Waals surface area contributed by atoms with Gasteiger partial charge in [-0.1, -0.05) is 49.7 Å². The zero-order valence-electron chi connectivity index (χ0n) is 18.0. The van der Waals surface area contributed by atoms with E-state index in [0.717, 1.165) is 41.2 Å². The SMILES string of the molecule is CCCc1cc(N=Nc2ccc(CCc3cc(O)ccc3O)cc2)c(O)c2ccccc12. The van der Waals surface area contributed by atoms with Gasteiger partial charge in [-0.05, 0) is 77.7 Å². The molecular formula is C27H26N2O3. The van der Waals surface area contributed by atoms with Gasteiger partial charge in [-0.3, -0.25) is 0 Å². The Morgan fingerprint density at radius 1 is 0.688 bits per heavy atom. The fourth-order valence-electron chi connectivity index (χ4n) is 3.86. The molecule has 0 aromatic heterocycles. The summed E-state index contributed by atoms with van der Waals surface area (Å²) >= 11 is 0. The molecule has 162 valence electrons. The fraction of sp³-hybridized carbons (Fsp3) is 0.185. The van der Waals surface area contributed by atoms with Crippen LogP contribution in [0.2, 0.25) is 0 Å². The number of benzene rings is 4. The van der Waals surface area contributed by atoms with Gasteiger partial charge in [0.1, 0.15) is 17.2 Å². The van der Waals surface area contributed by atoms with Crippen LogP contribution in [0.15, 0.2) is 83.0 Å². The van der Waals surface area contributed by atoms with Crippen molar-refractivity contribution in [3.05, 3.63) is 89.5 Å². The summed E-state index contributed by atoms with van der Waals surface area (Å²) in [5, 5.41) is 40.7. The van der Waals surface area contributed by atoms with Crippen LogP contribution in [0.3, 0.4) is 0 Å². The number of azo groups is 1. The molecule has 0 saturated carbocycles. The third-order valence-corrected chi connectivity index (χ3v) is 5.56. The average molecular weight is 427 g/mol. The van der Waals surface area contributed by atoms with Crippen molar-refractivity contribution < 1.29 is 15.3 Å². The van der Waals surface area contributed by atoms with Crippen molar-refractivity contribution in [2.24, 2.45) is 10.2 Å². The molecule has 5 heteroatoms. The zero-order valence-corrected chi connectivity index (χ0v) is 18.0. The maximum absolute atomic E-state index is 10.7. The molecule has 0 heterocycles. The first-order chi connectivity index (χ1) is 15.5. The van der Waals surface area contributed by atoms with Crippen LogP contribution in [0.1, 0.15) is 30.0 Å². The van der Waals surface area contributed by atoms with Crippen molar-refractivity contribution in [2.45, 2.75) is 32.6 Å². The van der Waals surface area contributed by atoms with Gasteiger partial charge < -0.3 is 15.3 Å². The molecule has 4 aromatic rings. The molecule has 0 unspecified atom stereocenters. The summed E-state index contributed by atoms with van der Waals surface area (Å²) in [4.78, 5) is 0. The van der Waals surface area contributed by atoms with Crippen LogP contribution in [-0.4, -0.2) is 15.3 Å². The molecule has 0 radical (unpaired) electrons. The van der Waals surface area contributed by atoms with Gasteiger partial charge in [-0.2, -0.15) is 5.11 Å². The quantitative estimate of drug-likeness (QED) is 0.217. The van der Waals surface area contributed by atoms with Gasteiger partial charge in [-0.25, -0.2) is 0 Å². The lowest BCUT2D eigenvalue weighted by molar-refractivity contribution is 0.454. The minimum Gasteiger partial charge on any atom is -0.508 e. The molecule has 0 aliphatic rings. The molecule has 4 aromatic carbocycles. The molecule has 0 saturated heterocycles. The largest absolute Gasteiger partial charge is 0.508 e. The third kappa shape index (κ3) is 4.72. The monoisotopic (exact) mass is 426 g/mol. The lowest BCUT2D eigenvalue weighted by Gasteiger charge is -2.09. The predicted molar refractivity (Wildman–Crippen MR) is 127 cm³/mol. The van der Waals surface area contributed by atoms with Gasteiger partial charge in [0.05, 0.1) is 5.69 Å². The summed E-state index contributed by atoms with van der Waals surface area (Å²) in [5.74, 6) is 0.477. The van der Waals surface area contributed by atoms with E-state index in [-0.39, 0.29) is 17.2 Å². The van der Waals surface area contributed by atoms with Crippen LogP contribution in [0.25, 0.3) is 10.8 Å². The van der Waals surface area contributed by atoms with Crippen molar-refractivity contribution in [1.29, 1.82) is 0 Å². The number of aromatic hydroxyl groups is 3. The highest BCUT2D eigenvalue weighted by molar-refractivity contribution is 5.95. The van der Waals surface area contributed by atoms with E-state index in [4.69, 9.17) is 0 Å². The van der Waals surface area contributed by atoms with E-state index in [0.29, 0.717) is 23.4 Å². The van der Waals surface area contributed by atoms with Crippen molar-refractivity contribution >= 4 is 22.1 Å². The number of hydrogen-bond acceptors (Lipinski definition) is 5. The Balaban J connectivity index is 1.51. The van der Waals surface area contributed by atoms with Crippen molar-refractivity contribution in [2.75, 3.05) is 0 Å². The average Bonchev–Trinajstić information content (AvgIpc) is 2.81. The van der Waals surface area contributed by atoms with Crippen molar-refractivity contribution in [3.63, 3.8) is 0 Å². The molecule has 0 fully saturated rings. The Bertz CT molecular complexity index is 1260.